The van der Waals surface area contributed by atoms with Crippen LogP contribution in [0.15, 0.2) is 53.2 Å². The first-order chi connectivity index (χ1) is 13.9. The number of amides is 1. The first-order valence-electron chi connectivity index (χ1n) is 8.77. The summed E-state index contributed by atoms with van der Waals surface area (Å²) in [5.41, 5.74) is 0.581. The Hall–Kier alpha value is -3.99. The van der Waals surface area contributed by atoms with Crippen molar-refractivity contribution in [1.29, 1.82) is 5.26 Å². The van der Waals surface area contributed by atoms with Crippen molar-refractivity contribution in [3.8, 4) is 17.7 Å². The molecule has 0 aliphatic carbocycles. The first kappa shape index (κ1) is 19.8. The number of carbonyl (C=O) groups is 2. The number of nitrogens with zero attached hydrogens (tertiary/aromatic N) is 2. The van der Waals surface area contributed by atoms with E-state index in [0.717, 1.165) is 0 Å². The van der Waals surface area contributed by atoms with Gasteiger partial charge in [0.15, 0.2) is 6.10 Å². The zero-order valence-corrected chi connectivity index (χ0v) is 16.1. The number of anilines is 1. The quantitative estimate of drug-likeness (QED) is 0.643. The van der Waals surface area contributed by atoms with Crippen LogP contribution in [0.5, 0.6) is 5.75 Å². The van der Waals surface area contributed by atoms with E-state index in [1.165, 1.54) is 6.92 Å². The van der Waals surface area contributed by atoms with E-state index in [0.29, 0.717) is 11.4 Å². The molecule has 1 amide bonds. The third-order valence-electron chi connectivity index (χ3n) is 4.23. The summed E-state index contributed by atoms with van der Waals surface area (Å²) >= 11 is 0. The van der Waals surface area contributed by atoms with Gasteiger partial charge in [-0.25, -0.2) is 4.79 Å². The second kappa shape index (κ2) is 8.35. The summed E-state index contributed by atoms with van der Waals surface area (Å²) in [4.78, 5) is 25.0. The van der Waals surface area contributed by atoms with Gasteiger partial charge in [-0.3, -0.25) is 9.36 Å². The zero-order chi connectivity index (χ0) is 21.0. The third kappa shape index (κ3) is 4.14. The Morgan fingerprint density at radius 3 is 2.45 bits per heavy atom. The second-order valence-corrected chi connectivity index (χ2v) is 6.18. The van der Waals surface area contributed by atoms with Crippen molar-refractivity contribution >= 4 is 17.6 Å². The molecule has 1 N–H and O–H groups in total. The highest BCUT2D eigenvalue weighted by molar-refractivity contribution is 5.99. The molecule has 2 aromatic heterocycles. The molecule has 2 heterocycles. The minimum atomic E-state index is -1.08. The molecule has 3 aromatic rings. The van der Waals surface area contributed by atoms with Crippen molar-refractivity contribution in [1.82, 2.24) is 4.57 Å². The summed E-state index contributed by atoms with van der Waals surface area (Å²) in [5.74, 6) is -0.205. The third-order valence-corrected chi connectivity index (χ3v) is 4.23. The summed E-state index contributed by atoms with van der Waals surface area (Å²) in [5, 5.41) is 12.2. The van der Waals surface area contributed by atoms with Crippen molar-refractivity contribution in [3.05, 3.63) is 65.7 Å². The number of aryl methyl sites for hydroxylation is 1. The maximum atomic E-state index is 12.6. The largest absolute Gasteiger partial charge is 0.497 e. The summed E-state index contributed by atoms with van der Waals surface area (Å²) in [6, 6.07) is 12.2. The van der Waals surface area contributed by atoms with Crippen molar-refractivity contribution in [2.24, 2.45) is 0 Å². The van der Waals surface area contributed by atoms with E-state index in [4.69, 9.17) is 13.9 Å². The number of furan rings is 1. The van der Waals surface area contributed by atoms with E-state index < -0.39 is 18.0 Å². The van der Waals surface area contributed by atoms with Gasteiger partial charge in [-0.15, -0.1) is 0 Å². The van der Waals surface area contributed by atoms with Gasteiger partial charge < -0.3 is 19.2 Å². The number of nitrogens with one attached hydrogen (secondary N) is 1. The van der Waals surface area contributed by atoms with Gasteiger partial charge in [0.1, 0.15) is 28.7 Å². The summed E-state index contributed by atoms with van der Waals surface area (Å²) in [6.07, 6.45) is 2.30. The molecule has 148 valence electrons. The van der Waals surface area contributed by atoms with Crippen molar-refractivity contribution in [2.75, 3.05) is 12.4 Å². The molecule has 0 saturated heterocycles. The van der Waals surface area contributed by atoms with Crippen molar-refractivity contribution in [2.45, 2.75) is 20.0 Å². The Morgan fingerprint density at radius 2 is 1.86 bits per heavy atom. The Bertz CT molecular complexity index is 1060. The van der Waals surface area contributed by atoms with Crippen LogP contribution in [-0.2, 0) is 9.53 Å². The Kier molecular flexibility index (Phi) is 5.69. The molecule has 8 heteroatoms. The van der Waals surface area contributed by atoms with Crippen LogP contribution in [-0.4, -0.2) is 29.7 Å². The highest BCUT2D eigenvalue weighted by atomic mass is 16.5. The van der Waals surface area contributed by atoms with Crippen LogP contribution in [0.25, 0.3) is 5.88 Å². The van der Waals surface area contributed by atoms with Crippen molar-refractivity contribution < 1.29 is 23.5 Å². The van der Waals surface area contributed by atoms with Gasteiger partial charge in [-0.1, -0.05) is 0 Å². The van der Waals surface area contributed by atoms with Crippen LogP contribution < -0.4 is 10.1 Å². The van der Waals surface area contributed by atoms with Crippen molar-refractivity contribution in [3.63, 3.8) is 0 Å². The normalized spacial score (nSPS) is 11.4. The monoisotopic (exact) mass is 393 g/mol. The minimum Gasteiger partial charge on any atom is -0.497 e. The van der Waals surface area contributed by atoms with E-state index in [1.54, 1.807) is 67.4 Å². The maximum absolute atomic E-state index is 12.6. The number of esters is 1. The fourth-order valence-corrected chi connectivity index (χ4v) is 2.72. The van der Waals surface area contributed by atoms with Crippen LogP contribution >= 0.6 is 0 Å². The standard InChI is InChI=1S/C21H19N3O5/c1-13-18(17(12-22)20(28-13)24-10-4-5-11-24)21(26)29-14(2)19(25)23-15-6-8-16(27-3)9-7-15/h4-11,14H,1-3H3,(H,23,25)/t14-/m1/s1. The predicted octanol–water partition coefficient (Wildman–Crippen LogP) is 3.44. The SMILES string of the molecule is COc1ccc(NC(=O)[C@@H](C)OC(=O)c2c(C)oc(-n3cccc3)c2C#N)cc1. The fourth-order valence-electron chi connectivity index (χ4n) is 2.72. The number of aromatic nitrogens is 1. The molecule has 3 rings (SSSR count). The van der Waals surface area contributed by atoms with Gasteiger partial charge in [0.25, 0.3) is 5.91 Å². The fraction of sp³-hybridized carbons (Fsp3) is 0.190. The topological polar surface area (TPSA) is 106 Å². The molecule has 8 nitrogen and oxygen atoms in total. The number of rotatable bonds is 6. The van der Waals surface area contributed by atoms with Crippen LogP contribution in [0.4, 0.5) is 5.69 Å². The summed E-state index contributed by atoms with van der Waals surface area (Å²) in [7, 11) is 1.55. The molecule has 1 atom stereocenters. The lowest BCUT2D eigenvalue weighted by atomic mass is 10.1. The van der Waals surface area contributed by atoms with Gasteiger partial charge in [0.2, 0.25) is 5.88 Å². The molecule has 0 radical (unpaired) electrons. The molecule has 0 unspecified atom stereocenters. The molecule has 0 bridgehead atoms. The lowest BCUT2D eigenvalue weighted by molar-refractivity contribution is -0.123. The highest BCUT2D eigenvalue weighted by Gasteiger charge is 2.28. The second-order valence-electron chi connectivity index (χ2n) is 6.18. The first-order valence-corrected chi connectivity index (χ1v) is 8.77. The molecule has 0 aliphatic rings. The van der Waals surface area contributed by atoms with E-state index in [9.17, 15) is 14.9 Å². The van der Waals surface area contributed by atoms with Crippen LogP contribution in [0.3, 0.4) is 0 Å². The highest BCUT2D eigenvalue weighted by Crippen LogP contribution is 2.26. The minimum absolute atomic E-state index is 0.000275. The number of carbonyl (C=O) groups excluding carboxylic acids is 2. The molecule has 0 saturated carbocycles. The van der Waals surface area contributed by atoms with E-state index in [2.05, 4.69) is 5.32 Å². The number of nitriles is 1. The predicted molar refractivity (Wildman–Crippen MR) is 104 cm³/mol. The van der Waals surface area contributed by atoms with E-state index >= 15 is 0 Å². The molecule has 1 aromatic carbocycles. The Morgan fingerprint density at radius 1 is 1.21 bits per heavy atom. The van der Waals surface area contributed by atoms with Crippen LogP contribution in [0.2, 0.25) is 0 Å². The van der Waals surface area contributed by atoms with Gasteiger partial charge in [0.05, 0.1) is 7.11 Å². The van der Waals surface area contributed by atoms with Gasteiger partial charge >= 0.3 is 5.97 Å². The van der Waals surface area contributed by atoms with Crippen LogP contribution in [0, 0.1) is 18.3 Å². The average Bonchev–Trinajstić information content (AvgIpc) is 3.35. The Balaban J connectivity index is 1.74. The van der Waals surface area contributed by atoms with Gasteiger partial charge in [-0.05, 0) is 50.2 Å². The molecule has 0 aliphatic heterocycles. The maximum Gasteiger partial charge on any atom is 0.343 e. The number of hydrogen-bond acceptors (Lipinski definition) is 6. The molecule has 0 fully saturated rings. The number of hydrogen-bond donors (Lipinski definition) is 1. The van der Waals surface area contributed by atoms with E-state index in [1.807, 2.05) is 6.07 Å². The molecular formula is C21H19N3O5. The number of ether oxygens (including phenoxy) is 2. The Labute approximate surface area is 167 Å². The molecule has 29 heavy (non-hydrogen) atoms. The summed E-state index contributed by atoms with van der Waals surface area (Å²) < 4.78 is 17.5. The zero-order valence-electron chi connectivity index (χ0n) is 16.1. The van der Waals surface area contributed by atoms with Crippen LogP contribution in [0.1, 0.15) is 28.6 Å². The van der Waals surface area contributed by atoms with E-state index in [-0.39, 0.29) is 22.8 Å². The smallest absolute Gasteiger partial charge is 0.343 e. The lowest BCUT2D eigenvalue weighted by Gasteiger charge is -2.13. The number of methoxy groups -OCH3 is 1. The molecular weight excluding hydrogens is 374 g/mol. The summed E-state index contributed by atoms with van der Waals surface area (Å²) in [6.45, 7) is 3.01. The average molecular weight is 393 g/mol. The van der Waals surface area contributed by atoms with Gasteiger partial charge in [0, 0.05) is 18.1 Å². The number of benzene rings is 1. The lowest BCUT2D eigenvalue weighted by Crippen LogP contribution is -2.30. The van der Waals surface area contributed by atoms with Gasteiger partial charge in [-0.2, -0.15) is 5.26 Å². The molecule has 0 spiro atoms.